The topological polar surface area (TPSA) is 92.8 Å². The number of methoxy groups -OCH3 is 1. The van der Waals surface area contributed by atoms with Crippen LogP contribution in [0.1, 0.15) is 6.92 Å². The molecule has 17 heavy (non-hydrogen) atoms. The second-order valence-electron chi connectivity index (χ2n) is 3.34. The highest BCUT2D eigenvalue weighted by atomic mass is 32.2. The number of hydrogen-bond acceptors (Lipinski definition) is 6. The first-order chi connectivity index (χ1) is 7.95. The summed E-state index contributed by atoms with van der Waals surface area (Å²) in [5.41, 5.74) is 0. The molecular formula is C9H12N2O5S. The summed E-state index contributed by atoms with van der Waals surface area (Å²) in [6.07, 6.45) is 0. The molecule has 7 nitrogen and oxygen atoms in total. The number of carbonyl (C=O) groups excluding carboxylic acids is 4. The van der Waals surface area contributed by atoms with E-state index in [9.17, 15) is 19.2 Å². The monoisotopic (exact) mass is 260 g/mol. The van der Waals surface area contributed by atoms with E-state index in [4.69, 9.17) is 0 Å². The number of nitrogens with zero attached hydrogens (tertiary/aromatic N) is 1. The van der Waals surface area contributed by atoms with Crippen molar-refractivity contribution in [2.24, 2.45) is 0 Å². The SMILES string of the molecule is COC(=O)C(CN1C(=O)CSC1=O)NC(C)=O. The molecule has 0 aromatic rings. The fourth-order valence-electron chi connectivity index (χ4n) is 1.31. The van der Waals surface area contributed by atoms with Crippen LogP contribution in [-0.2, 0) is 19.1 Å². The van der Waals surface area contributed by atoms with Crippen LogP contribution in [0.25, 0.3) is 0 Å². The molecule has 0 aromatic heterocycles. The normalized spacial score (nSPS) is 16.9. The molecule has 1 heterocycles. The van der Waals surface area contributed by atoms with Crippen molar-refractivity contribution < 1.29 is 23.9 Å². The van der Waals surface area contributed by atoms with Crippen LogP contribution < -0.4 is 5.32 Å². The number of carbonyl (C=O) groups is 4. The highest BCUT2D eigenvalue weighted by Gasteiger charge is 2.34. The van der Waals surface area contributed by atoms with Crippen LogP contribution in [0.15, 0.2) is 0 Å². The van der Waals surface area contributed by atoms with E-state index < -0.39 is 23.2 Å². The number of hydrogen-bond donors (Lipinski definition) is 1. The standard InChI is InChI=1S/C9H12N2O5S/c1-5(12)10-6(8(14)16-2)3-11-7(13)4-17-9(11)15/h6H,3-4H2,1-2H3,(H,10,12). The molecule has 0 saturated carbocycles. The number of nitrogens with one attached hydrogen (secondary N) is 1. The fraction of sp³-hybridized carbons (Fsp3) is 0.556. The number of ether oxygens (including phenoxy) is 1. The Morgan fingerprint density at radius 2 is 2.18 bits per heavy atom. The minimum absolute atomic E-state index is 0.0623. The maximum Gasteiger partial charge on any atom is 0.330 e. The summed E-state index contributed by atoms with van der Waals surface area (Å²) >= 11 is 0.866. The zero-order valence-corrected chi connectivity index (χ0v) is 10.2. The van der Waals surface area contributed by atoms with Gasteiger partial charge in [0.15, 0.2) is 0 Å². The molecule has 1 aliphatic heterocycles. The van der Waals surface area contributed by atoms with Gasteiger partial charge in [-0.3, -0.25) is 19.3 Å². The second-order valence-corrected chi connectivity index (χ2v) is 4.26. The lowest BCUT2D eigenvalue weighted by Crippen LogP contribution is -2.49. The maximum atomic E-state index is 11.4. The average Bonchev–Trinajstić information content (AvgIpc) is 2.58. The molecule has 0 radical (unpaired) electrons. The molecular weight excluding hydrogens is 248 g/mol. The molecule has 1 rings (SSSR count). The predicted octanol–water partition coefficient (Wildman–Crippen LogP) is -0.641. The van der Waals surface area contributed by atoms with Crippen molar-refractivity contribution in [3.8, 4) is 0 Å². The Balaban J connectivity index is 2.71. The summed E-state index contributed by atoms with van der Waals surface area (Å²) in [5, 5.41) is 1.91. The Labute approximate surface area is 102 Å². The quantitative estimate of drug-likeness (QED) is 0.676. The van der Waals surface area contributed by atoms with Crippen LogP contribution in [-0.4, -0.2) is 53.4 Å². The summed E-state index contributed by atoms with van der Waals surface area (Å²) in [6.45, 7) is 1.04. The van der Waals surface area contributed by atoms with Gasteiger partial charge in [0, 0.05) is 6.92 Å². The van der Waals surface area contributed by atoms with Crippen LogP contribution in [0.5, 0.6) is 0 Å². The van der Waals surface area contributed by atoms with E-state index in [1.807, 2.05) is 0 Å². The molecule has 0 bridgehead atoms. The number of esters is 1. The van der Waals surface area contributed by atoms with Crippen LogP contribution in [0.3, 0.4) is 0 Å². The molecule has 8 heteroatoms. The van der Waals surface area contributed by atoms with Crippen molar-refractivity contribution in [3.63, 3.8) is 0 Å². The minimum atomic E-state index is -1.02. The van der Waals surface area contributed by atoms with E-state index in [1.54, 1.807) is 0 Å². The van der Waals surface area contributed by atoms with Gasteiger partial charge in [-0.2, -0.15) is 0 Å². The van der Waals surface area contributed by atoms with Crippen molar-refractivity contribution in [3.05, 3.63) is 0 Å². The molecule has 1 aliphatic rings. The van der Waals surface area contributed by atoms with Gasteiger partial charge in [0.05, 0.1) is 19.4 Å². The van der Waals surface area contributed by atoms with Gasteiger partial charge in [-0.1, -0.05) is 11.8 Å². The van der Waals surface area contributed by atoms with E-state index in [1.165, 1.54) is 14.0 Å². The zero-order chi connectivity index (χ0) is 13.0. The summed E-state index contributed by atoms with van der Waals surface area (Å²) < 4.78 is 4.48. The van der Waals surface area contributed by atoms with Crippen LogP contribution in [0.4, 0.5) is 4.79 Å². The highest BCUT2D eigenvalue weighted by Crippen LogP contribution is 2.18. The third-order valence-corrected chi connectivity index (χ3v) is 2.93. The van der Waals surface area contributed by atoms with E-state index in [0.717, 1.165) is 16.7 Å². The number of imide groups is 1. The lowest BCUT2D eigenvalue weighted by molar-refractivity contribution is -0.145. The van der Waals surface area contributed by atoms with Gasteiger partial charge in [-0.15, -0.1) is 0 Å². The minimum Gasteiger partial charge on any atom is -0.467 e. The van der Waals surface area contributed by atoms with Gasteiger partial charge in [0.1, 0.15) is 6.04 Å². The van der Waals surface area contributed by atoms with Crippen molar-refractivity contribution >= 4 is 34.8 Å². The summed E-state index contributed by atoms with van der Waals surface area (Å²) in [7, 11) is 1.17. The number of thioether (sulfide) groups is 1. The first-order valence-corrected chi connectivity index (χ1v) is 5.76. The molecule has 1 saturated heterocycles. The zero-order valence-electron chi connectivity index (χ0n) is 9.39. The van der Waals surface area contributed by atoms with E-state index in [-0.39, 0.29) is 18.2 Å². The molecule has 0 aromatic carbocycles. The molecule has 0 spiro atoms. The molecule has 0 aliphatic carbocycles. The van der Waals surface area contributed by atoms with E-state index in [0.29, 0.717) is 0 Å². The van der Waals surface area contributed by atoms with Gasteiger partial charge in [-0.25, -0.2) is 4.79 Å². The first kappa shape index (κ1) is 13.5. The Bertz CT molecular complexity index is 354. The highest BCUT2D eigenvalue weighted by molar-refractivity contribution is 8.14. The van der Waals surface area contributed by atoms with Gasteiger partial charge >= 0.3 is 5.97 Å². The summed E-state index contributed by atoms with van der Waals surface area (Å²) in [5.74, 6) is -1.45. The maximum absolute atomic E-state index is 11.4. The smallest absolute Gasteiger partial charge is 0.330 e. The van der Waals surface area contributed by atoms with Crippen molar-refractivity contribution in [2.45, 2.75) is 13.0 Å². The van der Waals surface area contributed by atoms with Crippen molar-refractivity contribution in [1.29, 1.82) is 0 Å². The molecule has 1 fully saturated rings. The molecule has 3 amide bonds. The van der Waals surface area contributed by atoms with Gasteiger partial charge in [0.25, 0.3) is 5.24 Å². The summed E-state index contributed by atoms with van der Waals surface area (Å²) in [6, 6.07) is -1.02. The van der Waals surface area contributed by atoms with Crippen molar-refractivity contribution in [1.82, 2.24) is 10.2 Å². The van der Waals surface area contributed by atoms with Gasteiger partial charge < -0.3 is 10.1 Å². The molecule has 1 atom stereocenters. The van der Waals surface area contributed by atoms with Crippen LogP contribution in [0.2, 0.25) is 0 Å². The largest absolute Gasteiger partial charge is 0.467 e. The van der Waals surface area contributed by atoms with Gasteiger partial charge in [0.2, 0.25) is 11.8 Å². The van der Waals surface area contributed by atoms with Crippen molar-refractivity contribution in [2.75, 3.05) is 19.4 Å². The molecule has 1 N–H and O–H groups in total. The third kappa shape index (κ3) is 3.45. The van der Waals surface area contributed by atoms with E-state index >= 15 is 0 Å². The Kier molecular flexibility index (Phi) is 4.50. The Morgan fingerprint density at radius 1 is 1.53 bits per heavy atom. The lowest BCUT2D eigenvalue weighted by atomic mass is 10.2. The van der Waals surface area contributed by atoms with Gasteiger partial charge in [-0.05, 0) is 0 Å². The van der Waals surface area contributed by atoms with Crippen LogP contribution in [0, 0.1) is 0 Å². The fourth-order valence-corrected chi connectivity index (χ4v) is 2.04. The Hall–Kier alpha value is -1.57. The van der Waals surface area contributed by atoms with Crippen LogP contribution >= 0.6 is 11.8 Å². The first-order valence-electron chi connectivity index (χ1n) is 4.77. The van der Waals surface area contributed by atoms with E-state index in [2.05, 4.69) is 10.1 Å². The average molecular weight is 260 g/mol. The lowest BCUT2D eigenvalue weighted by Gasteiger charge is -2.20. The number of rotatable bonds is 4. The predicted molar refractivity (Wildman–Crippen MR) is 59.2 cm³/mol. The molecule has 1 unspecified atom stereocenters. The summed E-state index contributed by atoms with van der Waals surface area (Å²) in [4.78, 5) is 45.8. The molecule has 94 valence electrons. The Morgan fingerprint density at radius 3 is 2.59 bits per heavy atom. The second kappa shape index (κ2) is 5.67. The third-order valence-electron chi connectivity index (χ3n) is 2.07. The number of amides is 3.